The first kappa shape index (κ1) is 23.9. The Hall–Kier alpha value is -1.11. The van der Waals surface area contributed by atoms with Gasteiger partial charge in [0.25, 0.3) is 0 Å². The van der Waals surface area contributed by atoms with E-state index in [1.165, 1.54) is 12.1 Å². The summed E-state index contributed by atoms with van der Waals surface area (Å²) in [6.45, 7) is 6.95. The van der Waals surface area contributed by atoms with Crippen LogP contribution in [0.25, 0.3) is 0 Å². The third-order valence-corrected chi connectivity index (χ3v) is 5.83. The number of carbonyl (C=O) groups is 2. The minimum Gasteiger partial charge on any atom is -0.343 e. The monoisotopic (exact) mass is 438 g/mol. The van der Waals surface area contributed by atoms with Crippen LogP contribution in [0, 0.1) is 11.8 Å². The first-order chi connectivity index (χ1) is 12.3. The molecule has 1 aromatic rings. The van der Waals surface area contributed by atoms with Crippen LogP contribution >= 0.6 is 30.8 Å². The van der Waals surface area contributed by atoms with E-state index in [4.69, 9.17) is 23.2 Å². The third-order valence-electron chi connectivity index (χ3n) is 3.84. The molecule has 0 bridgehead atoms. The summed E-state index contributed by atoms with van der Waals surface area (Å²) >= 11 is 11.8. The Labute approximate surface area is 169 Å². The van der Waals surface area contributed by atoms with E-state index in [0.717, 1.165) is 0 Å². The van der Waals surface area contributed by atoms with E-state index in [1.54, 1.807) is 33.8 Å². The highest BCUT2D eigenvalue weighted by atomic mass is 35.5. The van der Waals surface area contributed by atoms with E-state index in [1.807, 2.05) is 0 Å². The minimum atomic E-state index is -4.66. The number of amides is 2. The number of nitrogens with one attached hydrogen (secondary N) is 2. The van der Waals surface area contributed by atoms with E-state index in [-0.39, 0.29) is 23.3 Å². The molecule has 4 N–H and O–H groups in total. The summed E-state index contributed by atoms with van der Waals surface area (Å²) < 4.78 is 11.7. The number of benzene rings is 1. The van der Waals surface area contributed by atoms with E-state index < -0.39 is 31.1 Å². The second-order valence-electron chi connectivity index (χ2n) is 7.08. The molecular weight excluding hydrogens is 414 g/mol. The molecule has 0 spiro atoms. The lowest BCUT2D eigenvalue weighted by atomic mass is 10.0. The average Bonchev–Trinajstić information content (AvgIpc) is 2.52. The third kappa shape index (κ3) is 7.43. The van der Waals surface area contributed by atoms with Gasteiger partial charge in [-0.2, -0.15) is 0 Å². The normalized spacial score (nSPS) is 14.1. The zero-order valence-electron chi connectivity index (χ0n) is 15.6. The van der Waals surface area contributed by atoms with Crippen molar-refractivity contribution in [1.82, 2.24) is 5.32 Å². The van der Waals surface area contributed by atoms with Crippen LogP contribution in [-0.2, 0) is 14.2 Å². The molecule has 0 unspecified atom stereocenters. The Morgan fingerprint density at radius 1 is 1.07 bits per heavy atom. The van der Waals surface area contributed by atoms with Gasteiger partial charge >= 0.3 is 7.60 Å². The number of rotatable bonds is 8. The molecule has 7 nitrogen and oxygen atoms in total. The zero-order chi connectivity index (χ0) is 20.9. The van der Waals surface area contributed by atoms with Crippen LogP contribution in [0.15, 0.2) is 18.2 Å². The second kappa shape index (κ2) is 9.89. The lowest BCUT2D eigenvalue weighted by Gasteiger charge is -2.26. The summed E-state index contributed by atoms with van der Waals surface area (Å²) in [4.78, 5) is 44.1. The molecule has 1 rings (SSSR count). The molecular formula is C17H25Cl2N2O5P. The molecule has 0 aliphatic heterocycles. The van der Waals surface area contributed by atoms with Crippen molar-refractivity contribution in [2.45, 2.75) is 45.8 Å². The topological polar surface area (TPSA) is 116 Å². The summed E-state index contributed by atoms with van der Waals surface area (Å²) in [7, 11) is -4.66. The molecule has 2 atom stereocenters. The summed E-state index contributed by atoms with van der Waals surface area (Å²) in [5.74, 6) is -1.78. The summed E-state index contributed by atoms with van der Waals surface area (Å²) in [6, 6.07) is 3.57. The van der Waals surface area contributed by atoms with Gasteiger partial charge in [-0.15, -0.1) is 0 Å². The van der Waals surface area contributed by atoms with Crippen molar-refractivity contribution >= 4 is 48.3 Å². The number of anilines is 1. The van der Waals surface area contributed by atoms with Crippen molar-refractivity contribution in [2.75, 3.05) is 5.32 Å². The molecule has 27 heavy (non-hydrogen) atoms. The van der Waals surface area contributed by atoms with Crippen LogP contribution in [0.4, 0.5) is 5.69 Å². The van der Waals surface area contributed by atoms with Crippen molar-refractivity contribution in [1.29, 1.82) is 0 Å². The maximum atomic E-state index is 12.6. The molecule has 0 radical (unpaired) electrons. The van der Waals surface area contributed by atoms with Gasteiger partial charge in [0.2, 0.25) is 11.8 Å². The highest BCUT2D eigenvalue weighted by Gasteiger charge is 2.38. The molecule has 10 heteroatoms. The summed E-state index contributed by atoms with van der Waals surface area (Å²) in [6.07, 6.45) is 0.00926. The number of hydrogen-bond acceptors (Lipinski definition) is 3. The van der Waals surface area contributed by atoms with Gasteiger partial charge in [-0.3, -0.25) is 14.2 Å². The standard InChI is InChI=1S/C17H25Cl2N2O5P/c1-9(2)7-14(27(24,25)26)16(22)21-15(10(3)4)17(23)20-11-5-6-12(18)13(19)8-11/h5-6,8-10,14-15H,7H2,1-4H3,(H,20,23)(H,21,22)(H2,24,25,26)/t14-,15+/m1/s1. The van der Waals surface area contributed by atoms with Gasteiger partial charge in [0.05, 0.1) is 10.0 Å². The number of halogens is 2. The zero-order valence-corrected chi connectivity index (χ0v) is 18.0. The van der Waals surface area contributed by atoms with Gasteiger partial charge in [-0.1, -0.05) is 50.9 Å². The Morgan fingerprint density at radius 3 is 2.11 bits per heavy atom. The van der Waals surface area contributed by atoms with Crippen molar-refractivity contribution in [2.24, 2.45) is 11.8 Å². The molecule has 0 aliphatic carbocycles. The van der Waals surface area contributed by atoms with Crippen molar-refractivity contribution in [3.8, 4) is 0 Å². The Morgan fingerprint density at radius 2 is 1.67 bits per heavy atom. The molecule has 2 amide bonds. The van der Waals surface area contributed by atoms with Crippen LogP contribution in [0.1, 0.15) is 34.1 Å². The van der Waals surface area contributed by atoms with Gasteiger partial charge in [0.1, 0.15) is 11.7 Å². The maximum Gasteiger partial charge on any atom is 0.337 e. The fraction of sp³-hybridized carbons (Fsp3) is 0.529. The van der Waals surface area contributed by atoms with Crippen LogP contribution in [-0.4, -0.2) is 33.3 Å². The van der Waals surface area contributed by atoms with Gasteiger partial charge in [-0.05, 0) is 36.5 Å². The second-order valence-corrected chi connectivity index (χ2v) is 9.70. The smallest absolute Gasteiger partial charge is 0.337 e. The summed E-state index contributed by atoms with van der Waals surface area (Å²) in [5.41, 5.74) is -1.11. The predicted octanol–water partition coefficient (Wildman–Crippen LogP) is 3.67. The molecule has 0 saturated carbocycles. The highest BCUT2D eigenvalue weighted by molar-refractivity contribution is 7.53. The fourth-order valence-corrected chi connectivity index (χ4v) is 3.80. The molecule has 0 fully saturated rings. The van der Waals surface area contributed by atoms with Gasteiger partial charge in [0, 0.05) is 5.69 Å². The Kier molecular flexibility index (Phi) is 8.77. The lowest BCUT2D eigenvalue weighted by Crippen LogP contribution is -2.50. The van der Waals surface area contributed by atoms with E-state index in [0.29, 0.717) is 10.7 Å². The van der Waals surface area contributed by atoms with E-state index in [2.05, 4.69) is 10.6 Å². The first-order valence-electron chi connectivity index (χ1n) is 8.44. The summed E-state index contributed by atoms with van der Waals surface area (Å²) in [5, 5.41) is 5.69. The minimum absolute atomic E-state index is 0.00926. The van der Waals surface area contributed by atoms with Crippen LogP contribution < -0.4 is 10.6 Å². The molecule has 152 valence electrons. The molecule has 0 aliphatic rings. The Balaban J connectivity index is 2.96. The van der Waals surface area contributed by atoms with Crippen LogP contribution in [0.3, 0.4) is 0 Å². The molecule has 0 aromatic heterocycles. The average molecular weight is 439 g/mol. The predicted molar refractivity (Wildman–Crippen MR) is 107 cm³/mol. The van der Waals surface area contributed by atoms with Gasteiger partial charge < -0.3 is 20.4 Å². The largest absolute Gasteiger partial charge is 0.343 e. The van der Waals surface area contributed by atoms with E-state index >= 15 is 0 Å². The fourth-order valence-electron chi connectivity index (χ4n) is 2.42. The number of carbonyl (C=O) groups excluding carboxylic acids is 2. The highest BCUT2D eigenvalue weighted by Crippen LogP contribution is 2.44. The Bertz CT molecular complexity index is 736. The SMILES string of the molecule is CC(C)C[C@H](C(=O)N[C@H](C(=O)Nc1ccc(Cl)c(Cl)c1)C(C)C)P(=O)(O)O. The van der Waals surface area contributed by atoms with Crippen molar-refractivity contribution in [3.05, 3.63) is 28.2 Å². The lowest BCUT2D eigenvalue weighted by molar-refractivity contribution is -0.127. The first-order valence-corrected chi connectivity index (χ1v) is 10.9. The van der Waals surface area contributed by atoms with Gasteiger partial charge in [-0.25, -0.2) is 0 Å². The quantitative estimate of drug-likeness (QED) is 0.462. The van der Waals surface area contributed by atoms with E-state index in [9.17, 15) is 23.9 Å². The van der Waals surface area contributed by atoms with Crippen molar-refractivity contribution < 1.29 is 23.9 Å². The van der Waals surface area contributed by atoms with Crippen LogP contribution in [0.5, 0.6) is 0 Å². The molecule has 0 saturated heterocycles. The molecule has 0 heterocycles. The van der Waals surface area contributed by atoms with Crippen molar-refractivity contribution in [3.63, 3.8) is 0 Å². The van der Waals surface area contributed by atoms with Crippen LogP contribution in [0.2, 0.25) is 10.0 Å². The van der Waals surface area contributed by atoms with Gasteiger partial charge in [0.15, 0.2) is 0 Å². The molecule has 1 aromatic carbocycles. The number of hydrogen-bond donors (Lipinski definition) is 4. The maximum absolute atomic E-state index is 12.6.